The largest absolute Gasteiger partial charge is 0.444 e. The minimum atomic E-state index is -4.59. The Kier molecular flexibility index (Phi) is 7.28. The van der Waals surface area contributed by atoms with Gasteiger partial charge in [0.2, 0.25) is 0 Å². The molecule has 2 aromatic rings. The van der Waals surface area contributed by atoms with Crippen LogP contribution in [-0.4, -0.2) is 56.8 Å². The van der Waals surface area contributed by atoms with Crippen molar-refractivity contribution in [2.45, 2.75) is 65.9 Å². The summed E-state index contributed by atoms with van der Waals surface area (Å²) in [5, 5.41) is 3.88. The average Bonchev–Trinajstić information content (AvgIpc) is 3.12. The molecule has 0 saturated carbocycles. The first kappa shape index (κ1) is 25.6. The molecule has 0 aliphatic carbocycles. The van der Waals surface area contributed by atoms with Crippen LogP contribution in [0.4, 0.5) is 18.0 Å². The second-order valence-corrected chi connectivity index (χ2v) is 9.26. The average molecular weight is 481 g/mol. The van der Waals surface area contributed by atoms with Crippen LogP contribution in [0.1, 0.15) is 67.5 Å². The van der Waals surface area contributed by atoms with Crippen LogP contribution in [0.15, 0.2) is 24.3 Å². The van der Waals surface area contributed by atoms with Crippen LogP contribution in [0.3, 0.4) is 0 Å². The number of halogens is 3. The highest BCUT2D eigenvalue weighted by Crippen LogP contribution is 2.35. The van der Waals surface area contributed by atoms with Crippen LogP contribution in [0.2, 0.25) is 0 Å². The Balaban J connectivity index is 1.87. The summed E-state index contributed by atoms with van der Waals surface area (Å²) in [5.41, 5.74) is 0.0403. The van der Waals surface area contributed by atoms with Crippen molar-refractivity contribution in [3.05, 3.63) is 52.3 Å². The van der Waals surface area contributed by atoms with E-state index in [0.29, 0.717) is 29.9 Å². The predicted octanol–water partition coefficient (Wildman–Crippen LogP) is 4.73. The Bertz CT molecular complexity index is 1040. The van der Waals surface area contributed by atoms with Gasteiger partial charge in [0.15, 0.2) is 5.69 Å². The predicted molar refractivity (Wildman–Crippen MR) is 120 cm³/mol. The van der Waals surface area contributed by atoms with E-state index in [4.69, 9.17) is 4.74 Å². The number of alkyl halides is 3. The molecule has 34 heavy (non-hydrogen) atoms. The minimum Gasteiger partial charge on any atom is -0.444 e. The topological polar surface area (TPSA) is 67.7 Å². The Morgan fingerprint density at radius 2 is 1.71 bits per heavy atom. The number of hydrogen-bond donors (Lipinski definition) is 0. The third-order valence-corrected chi connectivity index (χ3v) is 5.64. The summed E-state index contributed by atoms with van der Waals surface area (Å²) in [5.74, 6) is -0.0969. The van der Waals surface area contributed by atoms with Crippen LogP contribution in [-0.2, 0) is 30.4 Å². The van der Waals surface area contributed by atoms with Gasteiger partial charge in [0.05, 0.1) is 18.8 Å². The molecule has 0 bridgehead atoms. The molecule has 0 N–H and O–H groups in total. The summed E-state index contributed by atoms with van der Waals surface area (Å²) in [6.07, 6.45) is -5.12. The van der Waals surface area contributed by atoms with Crippen LogP contribution >= 0.6 is 0 Å². The molecule has 0 saturated heterocycles. The Morgan fingerprint density at radius 3 is 2.24 bits per heavy atom. The fourth-order valence-corrected chi connectivity index (χ4v) is 3.94. The van der Waals surface area contributed by atoms with Gasteiger partial charge in [-0.2, -0.15) is 18.3 Å². The second kappa shape index (κ2) is 9.68. The number of fused-ring (bicyclic) bond motifs is 1. The molecule has 2 amide bonds. The molecule has 186 valence electrons. The van der Waals surface area contributed by atoms with Gasteiger partial charge in [-0.3, -0.25) is 9.48 Å². The van der Waals surface area contributed by atoms with E-state index < -0.39 is 23.6 Å². The molecule has 0 radical (unpaired) electrons. The quantitative estimate of drug-likeness (QED) is 0.621. The van der Waals surface area contributed by atoms with Crippen molar-refractivity contribution in [2.24, 2.45) is 0 Å². The number of carbonyl (C=O) groups is 2. The lowest BCUT2D eigenvalue weighted by Crippen LogP contribution is -2.40. The van der Waals surface area contributed by atoms with Crippen LogP contribution in [0, 0.1) is 0 Å². The lowest BCUT2D eigenvalue weighted by molar-refractivity contribution is -0.142. The number of amides is 2. The zero-order valence-electron chi connectivity index (χ0n) is 20.2. The molecule has 0 unspecified atom stereocenters. The molecule has 2 heterocycles. The van der Waals surface area contributed by atoms with Crippen LogP contribution < -0.4 is 0 Å². The van der Waals surface area contributed by atoms with E-state index in [1.807, 2.05) is 13.8 Å². The summed E-state index contributed by atoms with van der Waals surface area (Å²) >= 11 is 0. The number of hydrogen-bond acceptors (Lipinski definition) is 4. The van der Waals surface area contributed by atoms with Crippen molar-refractivity contribution in [3.63, 3.8) is 0 Å². The normalized spacial score (nSPS) is 14.1. The van der Waals surface area contributed by atoms with Gasteiger partial charge < -0.3 is 14.5 Å². The van der Waals surface area contributed by atoms with E-state index in [-0.39, 0.29) is 37.5 Å². The molecule has 3 rings (SSSR count). The van der Waals surface area contributed by atoms with E-state index in [2.05, 4.69) is 5.10 Å². The van der Waals surface area contributed by atoms with Crippen molar-refractivity contribution < 1.29 is 27.5 Å². The molecule has 7 nitrogen and oxygen atoms in total. The lowest BCUT2D eigenvalue weighted by Gasteiger charge is -2.30. The number of nitrogens with zero attached hydrogens (tertiary/aromatic N) is 4. The standard InChI is InChI=1S/C24H31F3N4O3/c1-6-29(7-2)21(32)17-10-8-16(9-11-17)14-31-19-15-30(22(33)34-23(3,4)5)13-12-18(19)20(28-31)24(25,26)27/h8-11H,6-7,12-15H2,1-5H3. The van der Waals surface area contributed by atoms with Gasteiger partial charge in [0.25, 0.3) is 5.91 Å². The highest BCUT2D eigenvalue weighted by Gasteiger charge is 2.41. The summed E-state index contributed by atoms with van der Waals surface area (Å²) in [6, 6.07) is 6.77. The van der Waals surface area contributed by atoms with Gasteiger partial charge in [-0.15, -0.1) is 0 Å². The van der Waals surface area contributed by atoms with E-state index in [1.165, 1.54) is 9.58 Å². The van der Waals surface area contributed by atoms with Crippen molar-refractivity contribution in [2.75, 3.05) is 19.6 Å². The van der Waals surface area contributed by atoms with E-state index >= 15 is 0 Å². The van der Waals surface area contributed by atoms with Crippen LogP contribution in [0.5, 0.6) is 0 Å². The zero-order chi connectivity index (χ0) is 25.3. The Labute approximate surface area is 197 Å². The smallest absolute Gasteiger partial charge is 0.435 e. The zero-order valence-corrected chi connectivity index (χ0v) is 20.2. The number of benzene rings is 1. The van der Waals surface area contributed by atoms with Gasteiger partial charge in [0.1, 0.15) is 5.60 Å². The third-order valence-electron chi connectivity index (χ3n) is 5.64. The lowest BCUT2D eigenvalue weighted by atomic mass is 10.0. The molecule has 1 aliphatic rings. The van der Waals surface area contributed by atoms with Gasteiger partial charge in [-0.25, -0.2) is 4.79 Å². The molecule has 1 aromatic carbocycles. The minimum absolute atomic E-state index is 0.0220. The summed E-state index contributed by atoms with van der Waals surface area (Å²) in [6.45, 7) is 10.4. The van der Waals surface area contributed by atoms with E-state index in [0.717, 1.165) is 0 Å². The maximum atomic E-state index is 13.7. The number of carbonyl (C=O) groups excluding carboxylic acids is 2. The molecular formula is C24H31F3N4O3. The maximum absolute atomic E-state index is 13.7. The fraction of sp³-hybridized carbons (Fsp3) is 0.542. The van der Waals surface area contributed by atoms with Gasteiger partial charge >= 0.3 is 12.3 Å². The van der Waals surface area contributed by atoms with Crippen LogP contribution in [0.25, 0.3) is 0 Å². The number of ether oxygens (including phenoxy) is 1. The van der Waals surface area contributed by atoms with Crippen molar-refractivity contribution in [1.82, 2.24) is 19.6 Å². The SMILES string of the molecule is CCN(CC)C(=O)c1ccc(Cn2nc(C(F)(F)F)c3c2CN(C(=O)OC(C)(C)C)CC3)cc1. The highest BCUT2D eigenvalue weighted by molar-refractivity contribution is 5.94. The molecule has 0 spiro atoms. The summed E-state index contributed by atoms with van der Waals surface area (Å²) < 4.78 is 47.7. The number of aromatic nitrogens is 2. The van der Waals surface area contributed by atoms with Gasteiger partial charge in [0, 0.05) is 30.8 Å². The highest BCUT2D eigenvalue weighted by atomic mass is 19.4. The molecule has 0 fully saturated rings. The molecule has 1 aromatic heterocycles. The van der Waals surface area contributed by atoms with Crippen molar-refractivity contribution in [1.29, 1.82) is 0 Å². The summed E-state index contributed by atoms with van der Waals surface area (Å²) in [7, 11) is 0. The molecule has 0 atom stereocenters. The van der Waals surface area contributed by atoms with Crippen molar-refractivity contribution >= 4 is 12.0 Å². The van der Waals surface area contributed by atoms with E-state index in [1.54, 1.807) is 49.9 Å². The molecular weight excluding hydrogens is 449 g/mol. The number of rotatable bonds is 5. The van der Waals surface area contributed by atoms with Gasteiger partial charge in [-0.05, 0) is 58.7 Å². The van der Waals surface area contributed by atoms with E-state index in [9.17, 15) is 22.8 Å². The third kappa shape index (κ3) is 5.71. The Morgan fingerprint density at radius 1 is 1.09 bits per heavy atom. The summed E-state index contributed by atoms with van der Waals surface area (Å²) in [4.78, 5) is 28.1. The van der Waals surface area contributed by atoms with Crippen molar-refractivity contribution in [3.8, 4) is 0 Å². The first-order valence-corrected chi connectivity index (χ1v) is 11.4. The van der Waals surface area contributed by atoms with Gasteiger partial charge in [-0.1, -0.05) is 12.1 Å². The Hall–Kier alpha value is -3.04. The second-order valence-electron chi connectivity index (χ2n) is 9.26. The maximum Gasteiger partial charge on any atom is 0.435 e. The molecule has 1 aliphatic heterocycles. The molecule has 10 heteroatoms. The monoisotopic (exact) mass is 480 g/mol. The fourth-order valence-electron chi connectivity index (χ4n) is 3.94. The first-order chi connectivity index (χ1) is 15.8. The first-order valence-electron chi connectivity index (χ1n) is 11.4.